The molecule has 3 aromatic rings. The Hall–Kier alpha value is -2.40. The second-order valence-corrected chi connectivity index (χ2v) is 4.83. The third-order valence-electron chi connectivity index (χ3n) is 3.39. The number of hydrogen-bond acceptors (Lipinski definition) is 4. The lowest BCUT2D eigenvalue weighted by Gasteiger charge is -2.05. The molecule has 0 spiro atoms. The molecule has 1 N–H and O–H groups in total. The van der Waals surface area contributed by atoms with Crippen molar-refractivity contribution in [3.8, 4) is 11.5 Å². The van der Waals surface area contributed by atoms with Crippen molar-refractivity contribution in [1.29, 1.82) is 0 Å². The van der Waals surface area contributed by atoms with E-state index in [1.165, 1.54) is 5.56 Å². The number of nitrogens with zero attached hydrogens (tertiary/aromatic N) is 3. The Kier molecular flexibility index (Phi) is 4.12. The van der Waals surface area contributed by atoms with Gasteiger partial charge in [-0.2, -0.15) is 0 Å². The Bertz CT molecular complexity index is 675. The van der Waals surface area contributed by atoms with E-state index in [9.17, 15) is 5.11 Å². The molecular weight excluding hydrogens is 266 g/mol. The van der Waals surface area contributed by atoms with Gasteiger partial charge in [-0.05, 0) is 30.5 Å². The number of benzene rings is 1. The second kappa shape index (κ2) is 6.37. The molecule has 3 rings (SSSR count). The zero-order chi connectivity index (χ0) is 14.5. The van der Waals surface area contributed by atoms with Crippen LogP contribution in [0.5, 0.6) is 0 Å². The number of aliphatic hydroxyl groups is 1. The maximum atomic E-state index is 9.38. The van der Waals surface area contributed by atoms with Crippen LogP contribution in [-0.4, -0.2) is 20.1 Å². The van der Waals surface area contributed by atoms with Gasteiger partial charge in [-0.15, -0.1) is 5.10 Å². The van der Waals surface area contributed by atoms with Crippen molar-refractivity contribution in [2.75, 3.05) is 0 Å². The Balaban J connectivity index is 1.72. The van der Waals surface area contributed by atoms with Gasteiger partial charge < -0.3 is 9.52 Å². The van der Waals surface area contributed by atoms with Crippen LogP contribution in [0.15, 0.2) is 53.1 Å². The van der Waals surface area contributed by atoms with E-state index in [1.807, 2.05) is 30.3 Å². The quantitative estimate of drug-likeness (QED) is 0.755. The summed E-state index contributed by atoms with van der Waals surface area (Å²) >= 11 is 0. The lowest BCUT2D eigenvalue weighted by atomic mass is 10.1. The van der Waals surface area contributed by atoms with Crippen LogP contribution in [0.3, 0.4) is 0 Å². The third-order valence-corrected chi connectivity index (χ3v) is 3.39. The van der Waals surface area contributed by atoms with E-state index in [0.717, 1.165) is 25.1 Å². The van der Waals surface area contributed by atoms with Gasteiger partial charge in [-0.1, -0.05) is 35.5 Å². The maximum Gasteiger partial charge on any atom is 0.153 e. The van der Waals surface area contributed by atoms with Gasteiger partial charge in [0, 0.05) is 6.54 Å². The second-order valence-electron chi connectivity index (χ2n) is 4.83. The Morgan fingerprint density at radius 3 is 2.67 bits per heavy atom. The summed E-state index contributed by atoms with van der Waals surface area (Å²) in [6.45, 7) is 0.590. The summed E-state index contributed by atoms with van der Waals surface area (Å²) in [5, 5.41) is 17.5. The minimum atomic E-state index is -0.144. The minimum absolute atomic E-state index is 0.144. The minimum Gasteiger partial charge on any atom is -0.463 e. The van der Waals surface area contributed by atoms with E-state index in [1.54, 1.807) is 10.9 Å². The molecule has 5 nitrogen and oxygen atoms in total. The van der Waals surface area contributed by atoms with Crippen LogP contribution in [0.2, 0.25) is 0 Å². The molecule has 0 saturated heterocycles. The summed E-state index contributed by atoms with van der Waals surface area (Å²) in [6.07, 6.45) is 3.54. The molecule has 0 aliphatic heterocycles. The molecule has 1 aromatic carbocycles. The summed E-state index contributed by atoms with van der Waals surface area (Å²) < 4.78 is 7.21. The van der Waals surface area contributed by atoms with Crippen molar-refractivity contribution in [3.63, 3.8) is 0 Å². The van der Waals surface area contributed by atoms with Gasteiger partial charge in [0.1, 0.15) is 11.4 Å². The SMILES string of the molecule is OCc1nnn(CCCc2ccccc2)c1-c1ccco1. The van der Waals surface area contributed by atoms with Crippen molar-refractivity contribution in [3.05, 3.63) is 60.0 Å². The van der Waals surface area contributed by atoms with Crippen LogP contribution in [0.4, 0.5) is 0 Å². The van der Waals surface area contributed by atoms with Gasteiger partial charge in [0.2, 0.25) is 0 Å². The van der Waals surface area contributed by atoms with E-state index in [4.69, 9.17) is 4.42 Å². The van der Waals surface area contributed by atoms with Crippen molar-refractivity contribution >= 4 is 0 Å². The van der Waals surface area contributed by atoms with Crippen LogP contribution in [-0.2, 0) is 19.6 Å². The number of rotatable bonds is 6. The maximum absolute atomic E-state index is 9.38. The molecule has 0 aliphatic rings. The molecule has 21 heavy (non-hydrogen) atoms. The summed E-state index contributed by atoms with van der Waals surface area (Å²) in [6, 6.07) is 14.0. The molecule has 0 saturated carbocycles. The summed E-state index contributed by atoms with van der Waals surface area (Å²) in [4.78, 5) is 0. The number of aryl methyl sites for hydroxylation is 2. The highest BCUT2D eigenvalue weighted by molar-refractivity contribution is 5.54. The fourth-order valence-corrected chi connectivity index (χ4v) is 2.37. The molecule has 0 bridgehead atoms. The normalized spacial score (nSPS) is 10.9. The van der Waals surface area contributed by atoms with E-state index < -0.39 is 0 Å². The molecule has 108 valence electrons. The van der Waals surface area contributed by atoms with Crippen LogP contribution < -0.4 is 0 Å². The van der Waals surface area contributed by atoms with Gasteiger partial charge in [0.05, 0.1) is 12.9 Å². The number of aromatic nitrogens is 3. The first-order valence-corrected chi connectivity index (χ1v) is 6.99. The highest BCUT2D eigenvalue weighted by Crippen LogP contribution is 2.23. The third kappa shape index (κ3) is 3.03. The molecular formula is C16H17N3O2. The predicted molar refractivity (Wildman–Crippen MR) is 78.4 cm³/mol. The van der Waals surface area contributed by atoms with E-state index in [2.05, 4.69) is 22.4 Å². The Labute approximate surface area is 122 Å². The molecule has 5 heteroatoms. The first-order valence-electron chi connectivity index (χ1n) is 6.99. The van der Waals surface area contributed by atoms with Crippen LogP contribution in [0.25, 0.3) is 11.5 Å². The average Bonchev–Trinajstić information content (AvgIpc) is 3.16. The standard InChI is InChI=1S/C16H17N3O2/c20-12-14-16(15-9-5-11-21-15)19(18-17-14)10-4-8-13-6-2-1-3-7-13/h1-3,5-7,9,11,20H,4,8,10,12H2. The summed E-state index contributed by atoms with van der Waals surface area (Å²) in [5.74, 6) is 0.684. The van der Waals surface area contributed by atoms with Gasteiger partial charge in [0.15, 0.2) is 5.76 Å². The largest absolute Gasteiger partial charge is 0.463 e. The van der Waals surface area contributed by atoms with Crippen LogP contribution in [0, 0.1) is 0 Å². The van der Waals surface area contributed by atoms with Gasteiger partial charge >= 0.3 is 0 Å². The molecule has 0 aliphatic carbocycles. The number of hydrogen-bond donors (Lipinski definition) is 1. The highest BCUT2D eigenvalue weighted by Gasteiger charge is 2.16. The van der Waals surface area contributed by atoms with E-state index >= 15 is 0 Å². The summed E-state index contributed by atoms with van der Waals surface area (Å²) in [7, 11) is 0. The molecule has 0 unspecified atom stereocenters. The van der Waals surface area contributed by atoms with Crippen molar-refractivity contribution in [2.24, 2.45) is 0 Å². The molecule has 0 radical (unpaired) electrons. The lowest BCUT2D eigenvalue weighted by Crippen LogP contribution is -2.04. The monoisotopic (exact) mass is 283 g/mol. The molecule has 0 fully saturated rings. The Morgan fingerprint density at radius 1 is 1.10 bits per heavy atom. The first-order chi connectivity index (χ1) is 10.4. The van der Waals surface area contributed by atoms with Crippen LogP contribution >= 0.6 is 0 Å². The van der Waals surface area contributed by atoms with Crippen LogP contribution in [0.1, 0.15) is 17.7 Å². The van der Waals surface area contributed by atoms with E-state index in [-0.39, 0.29) is 6.61 Å². The van der Waals surface area contributed by atoms with Gasteiger partial charge in [-0.25, -0.2) is 4.68 Å². The average molecular weight is 283 g/mol. The topological polar surface area (TPSA) is 64.1 Å². The van der Waals surface area contributed by atoms with E-state index in [0.29, 0.717) is 11.5 Å². The molecule has 0 amide bonds. The predicted octanol–water partition coefficient (Wildman–Crippen LogP) is 2.66. The van der Waals surface area contributed by atoms with Crippen molar-refractivity contribution < 1.29 is 9.52 Å². The van der Waals surface area contributed by atoms with Crippen molar-refractivity contribution in [2.45, 2.75) is 26.0 Å². The van der Waals surface area contributed by atoms with Gasteiger partial charge in [-0.3, -0.25) is 0 Å². The first kappa shape index (κ1) is 13.6. The fraction of sp³-hybridized carbons (Fsp3) is 0.250. The molecule has 2 heterocycles. The van der Waals surface area contributed by atoms with Crippen molar-refractivity contribution in [1.82, 2.24) is 15.0 Å². The smallest absolute Gasteiger partial charge is 0.153 e. The fourth-order valence-electron chi connectivity index (χ4n) is 2.37. The lowest BCUT2D eigenvalue weighted by molar-refractivity contribution is 0.277. The van der Waals surface area contributed by atoms with Gasteiger partial charge in [0.25, 0.3) is 0 Å². The zero-order valence-corrected chi connectivity index (χ0v) is 11.6. The summed E-state index contributed by atoms with van der Waals surface area (Å²) in [5.41, 5.74) is 2.61. The zero-order valence-electron chi connectivity index (χ0n) is 11.6. The highest BCUT2D eigenvalue weighted by atomic mass is 16.3. The Morgan fingerprint density at radius 2 is 1.95 bits per heavy atom. The molecule has 2 aromatic heterocycles. The molecule has 0 atom stereocenters. The number of furan rings is 1. The number of aliphatic hydroxyl groups excluding tert-OH is 1.